The van der Waals surface area contributed by atoms with Gasteiger partial charge in [-0.25, -0.2) is 4.98 Å². The molecule has 0 aliphatic rings. The van der Waals surface area contributed by atoms with Gasteiger partial charge in [0.25, 0.3) is 0 Å². The number of aromatic amines is 1. The highest BCUT2D eigenvalue weighted by Crippen LogP contribution is 2.14. The Labute approximate surface area is 153 Å². The molecule has 0 aliphatic heterocycles. The lowest BCUT2D eigenvalue weighted by molar-refractivity contribution is 0.477. The molecule has 0 saturated heterocycles. The maximum atomic E-state index is 5.31. The number of H-pyrrole nitrogens is 1. The van der Waals surface area contributed by atoms with Crippen molar-refractivity contribution in [2.24, 2.45) is 4.99 Å². The third-order valence-electron chi connectivity index (χ3n) is 3.84. The monoisotopic (exact) mass is 352 g/mol. The molecule has 3 aromatic rings. The Balaban J connectivity index is 1.58. The molecule has 136 valence electrons. The van der Waals surface area contributed by atoms with Crippen molar-refractivity contribution in [3.63, 3.8) is 0 Å². The van der Waals surface area contributed by atoms with Crippen LogP contribution in [0.15, 0.2) is 58.1 Å². The van der Waals surface area contributed by atoms with E-state index >= 15 is 0 Å². The van der Waals surface area contributed by atoms with Crippen LogP contribution >= 0.6 is 0 Å². The molecule has 0 radical (unpaired) electrons. The van der Waals surface area contributed by atoms with Crippen LogP contribution in [0.2, 0.25) is 0 Å². The van der Waals surface area contributed by atoms with Crippen LogP contribution in [-0.4, -0.2) is 46.2 Å². The van der Waals surface area contributed by atoms with E-state index < -0.39 is 0 Å². The number of furan rings is 1. The zero-order valence-corrected chi connectivity index (χ0v) is 15.1. The molecule has 0 fully saturated rings. The summed E-state index contributed by atoms with van der Waals surface area (Å²) in [4.78, 5) is 11.3. The van der Waals surface area contributed by atoms with Crippen LogP contribution in [0.5, 0.6) is 0 Å². The third kappa shape index (κ3) is 4.72. The summed E-state index contributed by atoms with van der Waals surface area (Å²) in [5.74, 6) is 2.90. The molecule has 0 saturated carbocycles. The van der Waals surface area contributed by atoms with Gasteiger partial charge in [0.05, 0.1) is 6.26 Å². The molecule has 2 N–H and O–H groups in total. The average Bonchev–Trinajstić information content (AvgIpc) is 3.33. The number of guanidine groups is 1. The minimum absolute atomic E-state index is 0.571. The highest BCUT2D eigenvalue weighted by atomic mass is 16.3. The predicted molar refractivity (Wildman–Crippen MR) is 102 cm³/mol. The molecule has 7 nitrogen and oxygen atoms in total. The van der Waals surface area contributed by atoms with E-state index in [2.05, 4.69) is 44.5 Å². The molecule has 2 heterocycles. The van der Waals surface area contributed by atoms with E-state index in [4.69, 9.17) is 9.41 Å². The van der Waals surface area contributed by atoms with Crippen molar-refractivity contribution in [2.75, 3.05) is 20.1 Å². The van der Waals surface area contributed by atoms with Crippen LogP contribution in [0.4, 0.5) is 0 Å². The average molecular weight is 352 g/mol. The standard InChI is InChI=1S/C19H24N6O/c1-3-20-19(25(2)14-15-8-5-4-6-9-15)21-12-11-17-22-18(24-23-17)16-10-7-13-26-16/h4-10,13H,3,11-12,14H2,1-2H3,(H,20,21)(H,22,23,24). The van der Waals surface area contributed by atoms with E-state index in [1.807, 2.05) is 37.4 Å². The van der Waals surface area contributed by atoms with Crippen molar-refractivity contribution in [3.8, 4) is 11.6 Å². The lowest BCUT2D eigenvalue weighted by atomic mass is 10.2. The van der Waals surface area contributed by atoms with E-state index in [0.717, 1.165) is 24.9 Å². The predicted octanol–water partition coefficient (Wildman–Crippen LogP) is 2.70. The summed E-state index contributed by atoms with van der Waals surface area (Å²) < 4.78 is 5.31. The molecule has 2 aromatic heterocycles. The second-order valence-electron chi connectivity index (χ2n) is 5.91. The summed E-state index contributed by atoms with van der Waals surface area (Å²) in [5, 5.41) is 10.5. The van der Waals surface area contributed by atoms with Gasteiger partial charge < -0.3 is 14.6 Å². The fraction of sp³-hybridized carbons (Fsp3) is 0.316. The Kier molecular flexibility index (Phi) is 6.03. The van der Waals surface area contributed by atoms with Crippen LogP contribution in [0.25, 0.3) is 11.6 Å². The summed E-state index contributed by atoms with van der Waals surface area (Å²) in [6, 6.07) is 14.0. The first kappa shape index (κ1) is 17.7. The Morgan fingerprint density at radius 2 is 2.08 bits per heavy atom. The Bertz CT molecular complexity index is 810. The molecule has 0 aliphatic carbocycles. The number of nitrogens with one attached hydrogen (secondary N) is 2. The van der Waals surface area contributed by atoms with Crippen molar-refractivity contribution in [1.29, 1.82) is 0 Å². The van der Waals surface area contributed by atoms with E-state index in [9.17, 15) is 0 Å². The molecule has 1 aromatic carbocycles. The van der Waals surface area contributed by atoms with Gasteiger partial charge >= 0.3 is 0 Å². The Morgan fingerprint density at radius 3 is 2.81 bits per heavy atom. The van der Waals surface area contributed by atoms with Crippen molar-refractivity contribution in [1.82, 2.24) is 25.4 Å². The number of hydrogen-bond donors (Lipinski definition) is 2. The highest BCUT2D eigenvalue weighted by Gasteiger charge is 2.09. The lowest BCUT2D eigenvalue weighted by Gasteiger charge is -2.22. The first-order chi connectivity index (χ1) is 12.8. The molecular formula is C19H24N6O. The fourth-order valence-corrected chi connectivity index (χ4v) is 2.59. The zero-order valence-electron chi connectivity index (χ0n) is 15.1. The SMILES string of the molecule is CCNC(=NCCc1nc(-c2ccco2)n[nH]1)N(C)Cc1ccccc1. The molecule has 3 rings (SSSR count). The minimum Gasteiger partial charge on any atom is -0.461 e. The Morgan fingerprint density at radius 1 is 1.23 bits per heavy atom. The van der Waals surface area contributed by atoms with E-state index in [0.29, 0.717) is 24.6 Å². The number of aliphatic imine (C=N–C) groups is 1. The van der Waals surface area contributed by atoms with Crippen molar-refractivity contribution in [2.45, 2.75) is 19.9 Å². The largest absolute Gasteiger partial charge is 0.461 e. The van der Waals surface area contributed by atoms with Gasteiger partial charge in [-0.1, -0.05) is 30.3 Å². The Hall–Kier alpha value is -3.09. The quantitative estimate of drug-likeness (QED) is 0.505. The number of rotatable bonds is 7. The van der Waals surface area contributed by atoms with Crippen LogP contribution in [0.3, 0.4) is 0 Å². The normalized spacial score (nSPS) is 11.5. The van der Waals surface area contributed by atoms with Crippen molar-refractivity contribution >= 4 is 5.96 Å². The number of nitrogens with zero attached hydrogens (tertiary/aromatic N) is 4. The molecule has 7 heteroatoms. The van der Waals surface area contributed by atoms with E-state index in [1.165, 1.54) is 5.56 Å². The van der Waals surface area contributed by atoms with Crippen LogP contribution < -0.4 is 5.32 Å². The third-order valence-corrected chi connectivity index (χ3v) is 3.84. The maximum Gasteiger partial charge on any atom is 0.216 e. The molecular weight excluding hydrogens is 328 g/mol. The van der Waals surface area contributed by atoms with Gasteiger partial charge in [0.1, 0.15) is 5.82 Å². The number of benzene rings is 1. The first-order valence-electron chi connectivity index (χ1n) is 8.74. The maximum absolute atomic E-state index is 5.31. The van der Waals surface area contributed by atoms with Gasteiger partial charge in [0.15, 0.2) is 11.7 Å². The summed E-state index contributed by atoms with van der Waals surface area (Å²) in [7, 11) is 2.04. The molecule has 0 spiro atoms. The smallest absolute Gasteiger partial charge is 0.216 e. The summed E-state index contributed by atoms with van der Waals surface area (Å²) >= 11 is 0. The summed E-state index contributed by atoms with van der Waals surface area (Å²) in [5.41, 5.74) is 1.25. The van der Waals surface area contributed by atoms with Gasteiger partial charge in [-0.3, -0.25) is 10.1 Å². The molecule has 0 bridgehead atoms. The number of hydrogen-bond acceptors (Lipinski definition) is 4. The number of aromatic nitrogens is 3. The van der Waals surface area contributed by atoms with Gasteiger partial charge in [-0.2, -0.15) is 5.10 Å². The van der Waals surface area contributed by atoms with Crippen molar-refractivity contribution in [3.05, 3.63) is 60.1 Å². The first-order valence-corrected chi connectivity index (χ1v) is 8.74. The van der Waals surface area contributed by atoms with Crippen LogP contribution in [0, 0.1) is 0 Å². The second-order valence-corrected chi connectivity index (χ2v) is 5.91. The topological polar surface area (TPSA) is 82.3 Å². The highest BCUT2D eigenvalue weighted by molar-refractivity contribution is 5.79. The van der Waals surface area contributed by atoms with Crippen molar-refractivity contribution < 1.29 is 4.42 Å². The fourth-order valence-electron chi connectivity index (χ4n) is 2.59. The van der Waals surface area contributed by atoms with Gasteiger partial charge in [0, 0.05) is 33.1 Å². The second kappa shape index (κ2) is 8.84. The molecule has 0 unspecified atom stereocenters. The molecule has 0 atom stereocenters. The van der Waals surface area contributed by atoms with E-state index in [1.54, 1.807) is 6.26 Å². The van der Waals surface area contributed by atoms with Crippen LogP contribution in [0.1, 0.15) is 18.3 Å². The van der Waals surface area contributed by atoms with Gasteiger partial charge in [-0.05, 0) is 24.6 Å². The van der Waals surface area contributed by atoms with Gasteiger partial charge in [0.2, 0.25) is 5.82 Å². The molecule has 0 amide bonds. The lowest BCUT2D eigenvalue weighted by Crippen LogP contribution is -2.38. The van der Waals surface area contributed by atoms with Gasteiger partial charge in [-0.15, -0.1) is 0 Å². The van der Waals surface area contributed by atoms with Crippen LogP contribution in [-0.2, 0) is 13.0 Å². The van der Waals surface area contributed by atoms with E-state index in [-0.39, 0.29) is 0 Å². The minimum atomic E-state index is 0.571. The summed E-state index contributed by atoms with van der Waals surface area (Å²) in [6.45, 7) is 4.31. The summed E-state index contributed by atoms with van der Waals surface area (Å²) in [6.07, 6.45) is 2.29. The molecule has 26 heavy (non-hydrogen) atoms. The zero-order chi connectivity index (χ0) is 18.2.